The standard InChI is InChI=1S/C16H18Cl2N2O2/c1-10-4-2-3-7-16(10)14(21)20(15(22)19-16)9-11-5-6-12(17)8-13(11)18/h5-6,8,10H,2-4,7,9H2,1H3,(H,19,22). The Kier molecular flexibility index (Phi) is 4.08. The fourth-order valence-corrected chi connectivity index (χ4v) is 3.93. The number of halogens is 2. The fourth-order valence-electron chi connectivity index (χ4n) is 3.46. The van der Waals surface area contributed by atoms with E-state index in [-0.39, 0.29) is 24.4 Å². The number of benzene rings is 1. The molecule has 1 saturated carbocycles. The van der Waals surface area contributed by atoms with E-state index in [0.29, 0.717) is 16.5 Å². The highest BCUT2D eigenvalue weighted by molar-refractivity contribution is 6.35. The van der Waals surface area contributed by atoms with Gasteiger partial charge in [-0.2, -0.15) is 0 Å². The zero-order valence-corrected chi connectivity index (χ0v) is 13.9. The molecule has 1 saturated heterocycles. The molecular weight excluding hydrogens is 323 g/mol. The van der Waals surface area contributed by atoms with Crippen molar-refractivity contribution in [3.8, 4) is 0 Å². The van der Waals surface area contributed by atoms with Gasteiger partial charge in [0.15, 0.2) is 0 Å². The molecule has 1 aliphatic heterocycles. The van der Waals surface area contributed by atoms with Gasteiger partial charge in [-0.05, 0) is 36.5 Å². The zero-order valence-electron chi connectivity index (χ0n) is 12.4. The normalized spacial score (nSPS) is 28.3. The van der Waals surface area contributed by atoms with E-state index in [2.05, 4.69) is 5.32 Å². The molecule has 6 heteroatoms. The average molecular weight is 341 g/mol. The number of hydrogen-bond acceptors (Lipinski definition) is 2. The predicted molar refractivity (Wildman–Crippen MR) is 85.9 cm³/mol. The molecule has 0 aromatic heterocycles. The summed E-state index contributed by atoms with van der Waals surface area (Å²) in [4.78, 5) is 26.4. The minimum Gasteiger partial charge on any atom is -0.323 e. The Bertz CT molecular complexity index is 635. The van der Waals surface area contributed by atoms with Crippen LogP contribution >= 0.6 is 23.2 Å². The van der Waals surface area contributed by atoms with Gasteiger partial charge in [0.1, 0.15) is 5.54 Å². The minimum absolute atomic E-state index is 0.129. The van der Waals surface area contributed by atoms with Gasteiger partial charge in [-0.3, -0.25) is 9.69 Å². The van der Waals surface area contributed by atoms with Crippen molar-refractivity contribution in [2.45, 2.75) is 44.7 Å². The molecule has 4 nitrogen and oxygen atoms in total. The van der Waals surface area contributed by atoms with Crippen LogP contribution in [0.4, 0.5) is 4.79 Å². The monoisotopic (exact) mass is 340 g/mol. The van der Waals surface area contributed by atoms with E-state index >= 15 is 0 Å². The van der Waals surface area contributed by atoms with Gasteiger partial charge >= 0.3 is 6.03 Å². The Morgan fingerprint density at radius 1 is 1.32 bits per heavy atom. The molecule has 1 N–H and O–H groups in total. The first-order chi connectivity index (χ1) is 10.4. The van der Waals surface area contributed by atoms with Gasteiger partial charge in [-0.1, -0.05) is 49.0 Å². The van der Waals surface area contributed by atoms with Gasteiger partial charge in [-0.15, -0.1) is 0 Å². The molecular formula is C16H18Cl2N2O2. The number of carbonyl (C=O) groups excluding carboxylic acids is 2. The van der Waals surface area contributed by atoms with Crippen LogP contribution in [0, 0.1) is 5.92 Å². The maximum Gasteiger partial charge on any atom is 0.325 e. The Morgan fingerprint density at radius 3 is 2.77 bits per heavy atom. The van der Waals surface area contributed by atoms with E-state index in [1.165, 1.54) is 4.90 Å². The Hall–Kier alpha value is -1.26. The van der Waals surface area contributed by atoms with Gasteiger partial charge in [-0.25, -0.2) is 4.79 Å². The quantitative estimate of drug-likeness (QED) is 0.827. The SMILES string of the molecule is CC1CCCCC12NC(=O)N(Cc1ccc(Cl)cc1Cl)C2=O. The third-order valence-corrected chi connectivity index (χ3v) is 5.43. The molecule has 1 aromatic rings. The van der Waals surface area contributed by atoms with Crippen LogP contribution in [-0.2, 0) is 11.3 Å². The first-order valence-corrected chi connectivity index (χ1v) is 8.27. The number of nitrogens with zero attached hydrogens (tertiary/aromatic N) is 1. The van der Waals surface area contributed by atoms with E-state index < -0.39 is 5.54 Å². The third-order valence-electron chi connectivity index (χ3n) is 4.85. The van der Waals surface area contributed by atoms with Crippen LogP contribution in [-0.4, -0.2) is 22.4 Å². The van der Waals surface area contributed by atoms with Gasteiger partial charge < -0.3 is 5.32 Å². The fraction of sp³-hybridized carbons (Fsp3) is 0.500. The van der Waals surface area contributed by atoms with Gasteiger partial charge in [0.2, 0.25) is 0 Å². The third kappa shape index (κ3) is 2.48. The molecule has 3 amide bonds. The number of amides is 3. The Morgan fingerprint density at radius 2 is 2.09 bits per heavy atom. The highest BCUT2D eigenvalue weighted by Crippen LogP contribution is 2.38. The number of hydrogen-bond donors (Lipinski definition) is 1. The molecule has 22 heavy (non-hydrogen) atoms. The topological polar surface area (TPSA) is 49.4 Å². The highest BCUT2D eigenvalue weighted by Gasteiger charge is 2.54. The largest absolute Gasteiger partial charge is 0.325 e. The van der Waals surface area contributed by atoms with Crippen molar-refractivity contribution in [3.63, 3.8) is 0 Å². The summed E-state index contributed by atoms with van der Waals surface area (Å²) in [6, 6.07) is 4.75. The van der Waals surface area contributed by atoms with Gasteiger partial charge in [0.25, 0.3) is 5.91 Å². The van der Waals surface area contributed by atoms with Crippen LogP contribution in [0.2, 0.25) is 10.0 Å². The van der Waals surface area contributed by atoms with Crippen LogP contribution in [0.15, 0.2) is 18.2 Å². The number of urea groups is 1. The van der Waals surface area contributed by atoms with E-state index in [9.17, 15) is 9.59 Å². The maximum absolute atomic E-state index is 12.9. The van der Waals surface area contributed by atoms with Crippen LogP contribution in [0.5, 0.6) is 0 Å². The van der Waals surface area contributed by atoms with Crippen molar-refractivity contribution < 1.29 is 9.59 Å². The van der Waals surface area contributed by atoms with Crippen LogP contribution in [0.1, 0.15) is 38.2 Å². The number of imide groups is 1. The first kappa shape index (κ1) is 15.6. The molecule has 2 fully saturated rings. The smallest absolute Gasteiger partial charge is 0.323 e. The van der Waals surface area contributed by atoms with Crippen LogP contribution in [0.3, 0.4) is 0 Å². The Labute approximate surface area is 139 Å². The van der Waals surface area contributed by atoms with Gasteiger partial charge in [0, 0.05) is 10.0 Å². The van der Waals surface area contributed by atoms with Crippen molar-refractivity contribution in [1.29, 1.82) is 0 Å². The summed E-state index contributed by atoms with van der Waals surface area (Å²) in [5, 5.41) is 3.93. The average Bonchev–Trinajstić information content (AvgIpc) is 2.70. The second-order valence-electron chi connectivity index (χ2n) is 6.18. The lowest BCUT2D eigenvalue weighted by atomic mass is 9.73. The predicted octanol–water partition coefficient (Wildman–Crippen LogP) is 3.99. The molecule has 1 aliphatic carbocycles. The summed E-state index contributed by atoms with van der Waals surface area (Å²) < 4.78 is 0. The van der Waals surface area contributed by atoms with Crippen LogP contribution < -0.4 is 5.32 Å². The van der Waals surface area contributed by atoms with Gasteiger partial charge in [0.05, 0.1) is 6.54 Å². The summed E-state index contributed by atoms with van der Waals surface area (Å²) in [6.45, 7) is 2.21. The molecule has 1 aromatic carbocycles. The second kappa shape index (κ2) is 5.74. The maximum atomic E-state index is 12.9. The number of nitrogens with one attached hydrogen (secondary N) is 1. The van der Waals surface area contributed by atoms with E-state index in [4.69, 9.17) is 23.2 Å². The number of carbonyl (C=O) groups is 2. The van der Waals surface area contributed by atoms with E-state index in [1.54, 1.807) is 18.2 Å². The zero-order chi connectivity index (χ0) is 15.9. The lowest BCUT2D eigenvalue weighted by Gasteiger charge is -2.36. The summed E-state index contributed by atoms with van der Waals surface area (Å²) in [6.07, 6.45) is 3.74. The summed E-state index contributed by atoms with van der Waals surface area (Å²) in [7, 11) is 0. The highest BCUT2D eigenvalue weighted by atomic mass is 35.5. The second-order valence-corrected chi connectivity index (χ2v) is 7.02. The molecule has 0 bridgehead atoms. The molecule has 3 rings (SSSR count). The molecule has 118 valence electrons. The van der Waals surface area contributed by atoms with E-state index in [1.807, 2.05) is 6.92 Å². The van der Waals surface area contributed by atoms with Crippen molar-refractivity contribution in [2.24, 2.45) is 5.92 Å². The molecule has 1 heterocycles. The molecule has 2 aliphatic rings. The first-order valence-electron chi connectivity index (χ1n) is 7.52. The molecule has 0 radical (unpaired) electrons. The lowest BCUT2D eigenvalue weighted by Crippen LogP contribution is -2.53. The van der Waals surface area contributed by atoms with Crippen molar-refractivity contribution >= 4 is 35.1 Å². The van der Waals surface area contributed by atoms with Crippen LogP contribution in [0.25, 0.3) is 0 Å². The summed E-state index contributed by atoms with van der Waals surface area (Å²) >= 11 is 12.0. The lowest BCUT2D eigenvalue weighted by molar-refractivity contribution is -0.134. The van der Waals surface area contributed by atoms with Crippen molar-refractivity contribution in [1.82, 2.24) is 10.2 Å². The minimum atomic E-state index is -0.728. The Balaban J connectivity index is 1.86. The summed E-state index contributed by atoms with van der Waals surface area (Å²) in [5.41, 5.74) is -0.0103. The number of rotatable bonds is 2. The summed E-state index contributed by atoms with van der Waals surface area (Å²) in [5.74, 6) is 0.0270. The molecule has 2 unspecified atom stereocenters. The van der Waals surface area contributed by atoms with Crippen molar-refractivity contribution in [3.05, 3.63) is 33.8 Å². The van der Waals surface area contributed by atoms with E-state index in [0.717, 1.165) is 24.8 Å². The van der Waals surface area contributed by atoms with Crippen molar-refractivity contribution in [2.75, 3.05) is 0 Å². The molecule has 1 spiro atoms. The molecule has 2 atom stereocenters.